The van der Waals surface area contributed by atoms with E-state index in [0.717, 1.165) is 24.9 Å². The molecule has 0 radical (unpaired) electrons. The summed E-state index contributed by atoms with van der Waals surface area (Å²) in [6.45, 7) is 4.22. The molecule has 4 heterocycles. The first-order valence-electron chi connectivity index (χ1n) is 11.9. The van der Waals surface area contributed by atoms with Crippen LogP contribution in [0.15, 0.2) is 36.7 Å². The van der Waals surface area contributed by atoms with Crippen LogP contribution in [0.25, 0.3) is 11.4 Å². The minimum atomic E-state index is -0.569. The SMILES string of the molecule is Cc1ncc(-c2nc(N(C(=O)c3ccccc3N)C3CCOCC3)ncc2F)n1C1CCOCC1. The first kappa shape index (κ1) is 23.4. The maximum absolute atomic E-state index is 15.2. The number of carbonyl (C=O) groups is 1. The summed E-state index contributed by atoms with van der Waals surface area (Å²) in [7, 11) is 0. The normalized spacial score (nSPS) is 17.4. The van der Waals surface area contributed by atoms with E-state index in [-0.39, 0.29) is 29.6 Å². The summed E-state index contributed by atoms with van der Waals surface area (Å²) in [6.07, 6.45) is 5.62. The second kappa shape index (κ2) is 10.1. The number of rotatable bonds is 5. The highest BCUT2D eigenvalue weighted by Gasteiger charge is 2.32. The number of carbonyl (C=O) groups excluding carboxylic acids is 1. The Morgan fingerprint density at radius 2 is 1.74 bits per heavy atom. The van der Waals surface area contributed by atoms with Crippen LogP contribution in [0.3, 0.4) is 0 Å². The second-order valence-corrected chi connectivity index (χ2v) is 8.88. The second-order valence-electron chi connectivity index (χ2n) is 8.88. The third kappa shape index (κ3) is 4.63. The van der Waals surface area contributed by atoms with Crippen molar-refractivity contribution in [3.05, 3.63) is 53.9 Å². The fraction of sp³-hybridized carbons (Fsp3) is 0.440. The van der Waals surface area contributed by atoms with Gasteiger partial charge in [-0.05, 0) is 44.7 Å². The molecule has 0 spiro atoms. The molecule has 2 aromatic heterocycles. The van der Waals surface area contributed by atoms with Crippen molar-refractivity contribution in [1.82, 2.24) is 19.5 Å². The number of nitrogens with zero attached hydrogens (tertiary/aromatic N) is 5. The quantitative estimate of drug-likeness (QED) is 0.557. The van der Waals surface area contributed by atoms with Crippen LogP contribution in [0.1, 0.15) is 47.9 Å². The van der Waals surface area contributed by atoms with E-state index in [4.69, 9.17) is 15.2 Å². The number of hydrogen-bond acceptors (Lipinski definition) is 7. The third-order valence-corrected chi connectivity index (χ3v) is 6.69. The minimum absolute atomic E-state index is 0.119. The average molecular weight is 481 g/mol. The van der Waals surface area contributed by atoms with Crippen LogP contribution in [0.4, 0.5) is 16.0 Å². The Labute approximate surface area is 203 Å². The molecule has 9 nitrogen and oxygen atoms in total. The van der Waals surface area contributed by atoms with Gasteiger partial charge in [-0.3, -0.25) is 9.69 Å². The van der Waals surface area contributed by atoms with Crippen LogP contribution in [-0.4, -0.2) is 57.9 Å². The molecule has 10 heteroatoms. The van der Waals surface area contributed by atoms with Crippen LogP contribution < -0.4 is 10.6 Å². The molecule has 0 aliphatic carbocycles. The summed E-state index contributed by atoms with van der Waals surface area (Å²) >= 11 is 0. The molecule has 0 bridgehead atoms. The number of amides is 1. The van der Waals surface area contributed by atoms with Crippen LogP contribution >= 0.6 is 0 Å². The van der Waals surface area contributed by atoms with Gasteiger partial charge in [-0.25, -0.2) is 19.3 Å². The average Bonchev–Trinajstić information content (AvgIpc) is 3.27. The predicted molar refractivity (Wildman–Crippen MR) is 129 cm³/mol. The van der Waals surface area contributed by atoms with E-state index in [1.807, 2.05) is 11.5 Å². The van der Waals surface area contributed by atoms with E-state index >= 15 is 4.39 Å². The van der Waals surface area contributed by atoms with Crippen molar-refractivity contribution in [2.75, 3.05) is 37.1 Å². The molecule has 1 aromatic carbocycles. The standard InChI is InChI=1S/C25H29FN6O3/c1-16-28-15-22(31(16)17-6-10-34-11-7-17)23-20(26)14-29-25(30-23)32(18-8-12-35-13-9-18)24(33)19-4-2-3-5-21(19)27/h2-5,14-15,17-18H,6-13,27H2,1H3. The lowest BCUT2D eigenvalue weighted by atomic mass is 10.0. The molecule has 0 saturated carbocycles. The van der Waals surface area contributed by atoms with E-state index in [2.05, 4.69) is 15.0 Å². The molecule has 2 aliphatic rings. The van der Waals surface area contributed by atoms with Crippen molar-refractivity contribution in [2.45, 2.75) is 44.7 Å². The Balaban J connectivity index is 1.58. The molecule has 2 aliphatic heterocycles. The summed E-state index contributed by atoms with van der Waals surface area (Å²) in [5.74, 6) is 0.0297. The van der Waals surface area contributed by atoms with Gasteiger partial charge in [-0.2, -0.15) is 0 Å². The van der Waals surface area contributed by atoms with Crippen molar-refractivity contribution < 1.29 is 18.7 Å². The van der Waals surface area contributed by atoms with Crippen molar-refractivity contribution in [2.24, 2.45) is 0 Å². The van der Waals surface area contributed by atoms with Gasteiger partial charge in [0.2, 0.25) is 5.95 Å². The lowest BCUT2D eigenvalue weighted by Crippen LogP contribution is -2.45. The van der Waals surface area contributed by atoms with Gasteiger partial charge in [0.05, 0.1) is 23.7 Å². The van der Waals surface area contributed by atoms with E-state index in [1.54, 1.807) is 35.4 Å². The maximum atomic E-state index is 15.2. The minimum Gasteiger partial charge on any atom is -0.398 e. The number of halogens is 1. The number of benzene rings is 1. The Morgan fingerprint density at radius 3 is 2.46 bits per heavy atom. The maximum Gasteiger partial charge on any atom is 0.262 e. The summed E-state index contributed by atoms with van der Waals surface area (Å²) in [5, 5.41) is 0. The van der Waals surface area contributed by atoms with Gasteiger partial charge in [0.25, 0.3) is 5.91 Å². The van der Waals surface area contributed by atoms with Crippen LogP contribution in [0.5, 0.6) is 0 Å². The van der Waals surface area contributed by atoms with Crippen LogP contribution in [0, 0.1) is 12.7 Å². The molecule has 1 amide bonds. The van der Waals surface area contributed by atoms with Crippen molar-refractivity contribution >= 4 is 17.5 Å². The van der Waals surface area contributed by atoms with E-state index in [9.17, 15) is 4.79 Å². The Bertz CT molecular complexity index is 1200. The fourth-order valence-electron chi connectivity index (χ4n) is 4.87. The number of imidazole rings is 1. The van der Waals surface area contributed by atoms with Gasteiger partial charge in [0.15, 0.2) is 5.82 Å². The van der Waals surface area contributed by atoms with Crippen LogP contribution in [0.2, 0.25) is 0 Å². The summed E-state index contributed by atoms with van der Waals surface area (Å²) in [6, 6.07) is 6.84. The highest BCUT2D eigenvalue weighted by atomic mass is 19.1. The molecule has 184 valence electrons. The zero-order chi connectivity index (χ0) is 24.4. The number of nitrogens with two attached hydrogens (primary N) is 1. The molecule has 3 aromatic rings. The largest absolute Gasteiger partial charge is 0.398 e. The van der Waals surface area contributed by atoms with Crippen molar-refractivity contribution in [3.8, 4) is 11.4 Å². The molecule has 2 N–H and O–H groups in total. The Hall–Kier alpha value is -3.37. The molecule has 0 unspecified atom stereocenters. The van der Waals surface area contributed by atoms with E-state index < -0.39 is 5.82 Å². The van der Waals surface area contributed by atoms with Gasteiger partial charge >= 0.3 is 0 Å². The smallest absolute Gasteiger partial charge is 0.262 e. The van der Waals surface area contributed by atoms with Gasteiger partial charge in [0, 0.05) is 44.2 Å². The van der Waals surface area contributed by atoms with Gasteiger partial charge in [-0.1, -0.05) is 12.1 Å². The Kier molecular flexibility index (Phi) is 6.74. The molecule has 2 fully saturated rings. The topological polar surface area (TPSA) is 108 Å². The number of aryl methyl sites for hydroxylation is 1. The fourth-order valence-corrected chi connectivity index (χ4v) is 4.87. The lowest BCUT2D eigenvalue weighted by molar-refractivity contribution is 0.0694. The van der Waals surface area contributed by atoms with Gasteiger partial charge in [-0.15, -0.1) is 0 Å². The highest BCUT2D eigenvalue weighted by Crippen LogP contribution is 2.32. The number of aromatic nitrogens is 4. The van der Waals surface area contributed by atoms with Crippen molar-refractivity contribution in [3.63, 3.8) is 0 Å². The zero-order valence-corrected chi connectivity index (χ0v) is 19.7. The number of anilines is 2. The Morgan fingerprint density at radius 1 is 1.06 bits per heavy atom. The molecular formula is C25H29FN6O3. The van der Waals surface area contributed by atoms with Crippen LogP contribution in [-0.2, 0) is 9.47 Å². The van der Waals surface area contributed by atoms with Gasteiger partial charge in [0.1, 0.15) is 11.5 Å². The molecule has 5 rings (SSSR count). The molecule has 35 heavy (non-hydrogen) atoms. The first-order valence-corrected chi connectivity index (χ1v) is 11.9. The van der Waals surface area contributed by atoms with Crippen molar-refractivity contribution in [1.29, 1.82) is 0 Å². The highest BCUT2D eigenvalue weighted by molar-refractivity contribution is 6.08. The number of hydrogen-bond donors (Lipinski definition) is 1. The first-order chi connectivity index (χ1) is 17.0. The third-order valence-electron chi connectivity index (χ3n) is 6.69. The molecular weight excluding hydrogens is 451 g/mol. The van der Waals surface area contributed by atoms with E-state index in [1.165, 1.54) is 0 Å². The number of para-hydroxylation sites is 1. The predicted octanol–water partition coefficient (Wildman–Crippen LogP) is 3.55. The number of nitrogen functional groups attached to an aromatic ring is 1. The lowest BCUT2D eigenvalue weighted by Gasteiger charge is -2.33. The van der Waals surface area contributed by atoms with Gasteiger partial charge < -0.3 is 19.8 Å². The zero-order valence-electron chi connectivity index (χ0n) is 19.7. The monoisotopic (exact) mass is 480 g/mol. The molecule has 2 saturated heterocycles. The van der Waals surface area contributed by atoms with E-state index in [0.29, 0.717) is 56.2 Å². The summed E-state index contributed by atoms with van der Waals surface area (Å²) in [4.78, 5) is 28.6. The summed E-state index contributed by atoms with van der Waals surface area (Å²) in [5.41, 5.74) is 7.53. The number of ether oxygens (including phenoxy) is 2. The summed E-state index contributed by atoms with van der Waals surface area (Å²) < 4.78 is 28.2. The molecule has 0 atom stereocenters.